The first-order valence-electron chi connectivity index (χ1n) is 15.3. The number of esters is 1. The molecule has 4 fully saturated rings. The van der Waals surface area contributed by atoms with Crippen LogP contribution >= 0.6 is 0 Å². The van der Waals surface area contributed by atoms with E-state index in [2.05, 4.69) is 6.92 Å². The van der Waals surface area contributed by atoms with E-state index >= 15 is 0 Å². The van der Waals surface area contributed by atoms with Crippen molar-refractivity contribution < 1.29 is 38.8 Å². The molecular formula is C35H38NO8+. The van der Waals surface area contributed by atoms with E-state index in [0.717, 1.165) is 18.4 Å². The molecule has 0 unspecified atom stereocenters. The standard InChI is InChI=1S/C35H37NO8/c1-33-13-12-23(38)14-21(33)10-11-25-26-16-29-35(28(40)18-37,34(26,2)17-27(39)30(25)33)44-32(43-29)20-8-6-19(7-9-20)31(41)42-24-5-3-4-22(36)15-24/h3-9,12-15,25-27,29-30,32,37,39H,10-11,16-18,36H2,1-2H3/p+1/t25-,26-,27-,29+,30+,32-,33-,34-,35+/m0/s1. The fourth-order valence-electron chi connectivity index (χ4n) is 9.36. The van der Waals surface area contributed by atoms with Gasteiger partial charge in [0.1, 0.15) is 12.4 Å². The van der Waals surface area contributed by atoms with E-state index < -0.39 is 53.3 Å². The molecule has 230 valence electrons. The number of Topliss-reactive ketones (excluding diaryl/α,β-unsaturated/α-hetero) is 1. The zero-order chi connectivity index (χ0) is 31.0. The molecule has 1 heterocycles. The van der Waals surface area contributed by atoms with Crippen LogP contribution in [0.15, 0.2) is 72.3 Å². The summed E-state index contributed by atoms with van der Waals surface area (Å²) in [6.45, 7) is 3.44. The molecule has 4 aliphatic carbocycles. The summed E-state index contributed by atoms with van der Waals surface area (Å²) in [6.07, 6.45) is 5.82. The fraction of sp³-hybridized carbons (Fsp3) is 0.457. The Hall–Kier alpha value is -3.63. The van der Waals surface area contributed by atoms with Gasteiger partial charge in [-0.3, -0.25) is 9.59 Å². The quantitative estimate of drug-likeness (QED) is 0.201. The Balaban J connectivity index is 1.15. The van der Waals surface area contributed by atoms with Crippen LogP contribution in [0.5, 0.6) is 5.75 Å². The highest BCUT2D eigenvalue weighted by atomic mass is 16.7. The average Bonchev–Trinajstić information content (AvgIpc) is 3.50. The predicted molar refractivity (Wildman–Crippen MR) is 161 cm³/mol. The molecule has 7 rings (SSSR count). The molecule has 5 aliphatic rings. The van der Waals surface area contributed by atoms with Gasteiger partial charge >= 0.3 is 11.8 Å². The largest absolute Gasteiger partial charge is 0.423 e. The summed E-state index contributed by atoms with van der Waals surface area (Å²) in [5, 5.41) is 22.0. The predicted octanol–water partition coefficient (Wildman–Crippen LogP) is 4.07. The van der Waals surface area contributed by atoms with E-state index in [1.54, 1.807) is 54.6 Å². The maximum Gasteiger partial charge on any atom is 0.343 e. The number of carbonyl (C=O) groups excluding carboxylic acids is 3. The number of nitrogen functional groups attached to an aromatic ring is 1. The van der Waals surface area contributed by atoms with Gasteiger partial charge in [0.2, 0.25) is 0 Å². The number of allylic oxidation sites excluding steroid dienone is 4. The third kappa shape index (κ3) is 4.10. The molecule has 2 aromatic rings. The van der Waals surface area contributed by atoms with Gasteiger partial charge in [-0.05, 0) is 61.8 Å². The fourth-order valence-corrected chi connectivity index (χ4v) is 9.36. The van der Waals surface area contributed by atoms with Crippen molar-refractivity contribution in [3.63, 3.8) is 0 Å². The molecule has 3 saturated carbocycles. The highest BCUT2D eigenvalue weighted by Crippen LogP contribution is 2.70. The molecule has 0 spiro atoms. The summed E-state index contributed by atoms with van der Waals surface area (Å²) in [7, 11) is 0. The number of anilines is 1. The third-order valence-electron chi connectivity index (χ3n) is 11.3. The number of carbonyl (C=O) groups is 2. The highest BCUT2D eigenvalue weighted by Gasteiger charge is 2.75. The molecule has 2 aromatic carbocycles. The number of fused-ring (bicyclic) bond motifs is 7. The van der Waals surface area contributed by atoms with Crippen LogP contribution in [0.4, 0.5) is 5.69 Å². The lowest BCUT2D eigenvalue weighted by Crippen LogP contribution is -2.63. The van der Waals surface area contributed by atoms with Crippen molar-refractivity contribution >= 4 is 23.2 Å². The number of ether oxygens (including phenoxy) is 3. The lowest BCUT2D eigenvalue weighted by molar-refractivity contribution is -0.201. The minimum Gasteiger partial charge on any atom is -0.423 e. The first kappa shape index (κ1) is 29.1. The second kappa shape index (κ2) is 10.2. The number of hydrogen-bond donors (Lipinski definition) is 3. The second-order valence-electron chi connectivity index (χ2n) is 13.4. The van der Waals surface area contributed by atoms with Crippen LogP contribution in [-0.4, -0.2) is 57.0 Å². The van der Waals surface area contributed by atoms with Gasteiger partial charge in [-0.2, -0.15) is 0 Å². The normalized spacial score (nSPS) is 38.6. The summed E-state index contributed by atoms with van der Waals surface area (Å²) >= 11 is 0. The third-order valence-corrected chi connectivity index (χ3v) is 11.3. The molecular weight excluding hydrogens is 562 g/mol. The molecule has 9 heteroatoms. The Bertz CT molecular complexity index is 1600. The lowest BCUT2D eigenvalue weighted by atomic mass is 9.46. The lowest BCUT2D eigenvalue weighted by Gasteiger charge is -2.59. The van der Waals surface area contributed by atoms with Crippen LogP contribution in [0.3, 0.4) is 0 Å². The van der Waals surface area contributed by atoms with Crippen molar-refractivity contribution in [2.45, 2.75) is 63.6 Å². The number of ketones is 2. The monoisotopic (exact) mass is 600 g/mol. The Morgan fingerprint density at radius 1 is 1.16 bits per heavy atom. The second-order valence-corrected chi connectivity index (χ2v) is 13.4. The number of benzene rings is 2. The van der Waals surface area contributed by atoms with Crippen LogP contribution < -0.4 is 10.5 Å². The SMILES string of the molecule is C[C@]12C=CC(=[OH+])C=C1CC[C@@H]1[C@@H]2[C@@H](O)C[C@@]2(C)[C@H]1C[C@H]1O[C@H](c3ccc(C(=O)Oc4cccc(N)c4)cc3)O[C@]12C(=O)CO. The van der Waals surface area contributed by atoms with Crippen molar-refractivity contribution in [1.82, 2.24) is 0 Å². The molecule has 0 amide bonds. The summed E-state index contributed by atoms with van der Waals surface area (Å²) in [6, 6.07) is 13.3. The average molecular weight is 601 g/mol. The maximum atomic E-state index is 13.7. The maximum absolute atomic E-state index is 13.7. The Kier molecular flexibility index (Phi) is 6.75. The summed E-state index contributed by atoms with van der Waals surface area (Å²) in [5.41, 5.74) is 5.73. The Morgan fingerprint density at radius 3 is 2.66 bits per heavy atom. The number of nitrogens with two attached hydrogens (primary N) is 1. The van der Waals surface area contributed by atoms with Crippen molar-refractivity contribution in [3.8, 4) is 5.75 Å². The van der Waals surface area contributed by atoms with Gasteiger partial charge in [0.05, 0.1) is 17.8 Å². The molecule has 0 aromatic heterocycles. The van der Waals surface area contributed by atoms with Crippen molar-refractivity contribution in [1.29, 1.82) is 0 Å². The summed E-state index contributed by atoms with van der Waals surface area (Å²) in [4.78, 5) is 36.6. The van der Waals surface area contributed by atoms with Gasteiger partial charge in [0.15, 0.2) is 17.7 Å². The first-order valence-corrected chi connectivity index (χ1v) is 15.3. The smallest absolute Gasteiger partial charge is 0.343 e. The van der Waals surface area contributed by atoms with Crippen LogP contribution in [0.1, 0.15) is 61.7 Å². The number of hydrogen-bond acceptors (Lipinski definition) is 8. The van der Waals surface area contributed by atoms with Crippen LogP contribution in [0, 0.1) is 28.6 Å². The zero-order valence-electron chi connectivity index (χ0n) is 24.8. The molecule has 1 saturated heterocycles. The van der Waals surface area contributed by atoms with Gasteiger partial charge in [-0.25, -0.2) is 4.79 Å². The number of rotatable bonds is 5. The van der Waals surface area contributed by atoms with Gasteiger partial charge in [0.25, 0.3) is 0 Å². The van der Waals surface area contributed by atoms with Gasteiger partial charge in [0, 0.05) is 46.2 Å². The van der Waals surface area contributed by atoms with Gasteiger partial charge in [-0.1, -0.05) is 43.7 Å². The minimum absolute atomic E-state index is 0.0211. The first-order chi connectivity index (χ1) is 21.0. The minimum atomic E-state index is -1.43. The highest BCUT2D eigenvalue weighted by molar-refractivity contribution is 6.02. The summed E-state index contributed by atoms with van der Waals surface area (Å²) in [5.74, 6) is -0.376. The van der Waals surface area contributed by atoms with E-state index in [9.17, 15) is 24.6 Å². The molecule has 5 N–H and O–H groups in total. The van der Waals surface area contributed by atoms with E-state index in [4.69, 9.17) is 19.9 Å². The number of aliphatic hydroxyl groups excluding tert-OH is 2. The topological polar surface area (TPSA) is 150 Å². The van der Waals surface area contributed by atoms with Crippen LogP contribution in [-0.2, 0) is 14.3 Å². The van der Waals surface area contributed by atoms with Gasteiger partial charge < -0.3 is 30.2 Å². The summed E-state index contributed by atoms with van der Waals surface area (Å²) < 4.78 is 18.6. The molecule has 0 radical (unpaired) electrons. The number of aliphatic hydroxyl groups is 2. The molecule has 44 heavy (non-hydrogen) atoms. The van der Waals surface area contributed by atoms with Crippen molar-refractivity contribution in [3.05, 3.63) is 83.5 Å². The van der Waals surface area contributed by atoms with E-state index in [1.807, 2.05) is 19.1 Å². The van der Waals surface area contributed by atoms with Crippen LogP contribution in [0.25, 0.3) is 0 Å². The van der Waals surface area contributed by atoms with Crippen molar-refractivity contribution in [2.24, 2.45) is 28.6 Å². The van der Waals surface area contributed by atoms with E-state index in [-0.39, 0.29) is 23.5 Å². The van der Waals surface area contributed by atoms with Crippen molar-refractivity contribution in [2.75, 3.05) is 12.3 Å². The van der Waals surface area contributed by atoms with E-state index in [0.29, 0.717) is 35.4 Å². The van der Waals surface area contributed by atoms with E-state index in [1.165, 1.54) is 0 Å². The van der Waals surface area contributed by atoms with Crippen LogP contribution in [0.2, 0.25) is 0 Å². The Morgan fingerprint density at radius 2 is 1.93 bits per heavy atom. The van der Waals surface area contributed by atoms with Gasteiger partial charge in [-0.15, -0.1) is 0 Å². The molecule has 9 atom stereocenters. The molecule has 0 bridgehead atoms. The zero-order valence-corrected chi connectivity index (χ0v) is 24.8. The Labute approximate surface area is 255 Å². The molecule has 1 aliphatic heterocycles. The molecule has 9 nitrogen and oxygen atoms in total.